The minimum Gasteiger partial charge on any atom is -0.330 e. The van der Waals surface area contributed by atoms with Crippen LogP contribution in [0.5, 0.6) is 0 Å². The number of amides is 1. The highest BCUT2D eigenvalue weighted by molar-refractivity contribution is 5.91. The summed E-state index contributed by atoms with van der Waals surface area (Å²) >= 11 is 0. The van der Waals surface area contributed by atoms with E-state index in [0.29, 0.717) is 24.2 Å². The molecule has 1 rings (SSSR count). The maximum absolute atomic E-state index is 13.3. The number of hydrogen-bond acceptors (Lipinski definition) is 2. The van der Waals surface area contributed by atoms with Gasteiger partial charge in [0, 0.05) is 17.7 Å². The number of hydrogen-bond donors (Lipinski definition) is 2. The van der Waals surface area contributed by atoms with Gasteiger partial charge in [-0.2, -0.15) is 0 Å². The fourth-order valence-electron chi connectivity index (χ4n) is 1.74. The van der Waals surface area contributed by atoms with Crippen molar-refractivity contribution in [3.8, 4) is 0 Å². The lowest BCUT2D eigenvalue weighted by atomic mass is 10.1. The molecule has 0 heterocycles. The highest BCUT2D eigenvalue weighted by Crippen LogP contribution is 2.17. The van der Waals surface area contributed by atoms with E-state index in [0.717, 1.165) is 25.7 Å². The van der Waals surface area contributed by atoms with Gasteiger partial charge in [0.1, 0.15) is 5.82 Å². The number of benzene rings is 1. The van der Waals surface area contributed by atoms with Crippen molar-refractivity contribution in [2.24, 2.45) is 5.73 Å². The van der Waals surface area contributed by atoms with E-state index in [1.165, 1.54) is 6.07 Å². The number of halogens is 1. The second-order valence-corrected chi connectivity index (χ2v) is 4.41. The highest BCUT2D eigenvalue weighted by atomic mass is 19.1. The molecule has 0 spiro atoms. The number of anilines is 1. The minimum absolute atomic E-state index is 0.0588. The molecule has 1 aromatic rings. The third-order valence-electron chi connectivity index (χ3n) is 2.90. The molecule has 0 fully saturated rings. The number of nitrogens with two attached hydrogens (primary N) is 1. The molecule has 1 aromatic carbocycles. The topological polar surface area (TPSA) is 55.1 Å². The summed E-state index contributed by atoms with van der Waals surface area (Å²) < 4.78 is 13.3. The van der Waals surface area contributed by atoms with Crippen molar-refractivity contribution in [1.82, 2.24) is 0 Å². The summed E-state index contributed by atoms with van der Waals surface area (Å²) in [6.45, 7) is 2.36. The summed E-state index contributed by atoms with van der Waals surface area (Å²) in [4.78, 5) is 11.7. The lowest BCUT2D eigenvalue weighted by molar-refractivity contribution is -0.116. The maximum atomic E-state index is 13.3. The zero-order chi connectivity index (χ0) is 13.4. The summed E-state index contributed by atoms with van der Waals surface area (Å²) in [6, 6.07) is 4.70. The lowest BCUT2D eigenvalue weighted by Crippen LogP contribution is -2.12. The van der Waals surface area contributed by atoms with Gasteiger partial charge in [0.25, 0.3) is 0 Å². The Labute approximate surface area is 108 Å². The van der Waals surface area contributed by atoms with Crippen LogP contribution in [0.3, 0.4) is 0 Å². The number of carbonyl (C=O) groups is 1. The predicted octanol–water partition coefficient (Wildman–Crippen LogP) is 2.98. The SMILES string of the molecule is Cc1c(F)cccc1NC(=O)CCCCCCN. The van der Waals surface area contributed by atoms with Gasteiger partial charge in [-0.25, -0.2) is 4.39 Å². The molecule has 4 heteroatoms. The van der Waals surface area contributed by atoms with Crippen LogP contribution in [-0.4, -0.2) is 12.5 Å². The quantitative estimate of drug-likeness (QED) is 0.733. The van der Waals surface area contributed by atoms with Crippen molar-refractivity contribution in [1.29, 1.82) is 0 Å². The van der Waals surface area contributed by atoms with Crippen LogP contribution in [0.4, 0.5) is 10.1 Å². The van der Waals surface area contributed by atoms with Crippen molar-refractivity contribution in [2.45, 2.75) is 39.0 Å². The van der Waals surface area contributed by atoms with Gasteiger partial charge in [0.05, 0.1) is 0 Å². The van der Waals surface area contributed by atoms with Gasteiger partial charge in [-0.1, -0.05) is 18.9 Å². The van der Waals surface area contributed by atoms with E-state index in [-0.39, 0.29) is 11.7 Å². The Morgan fingerprint density at radius 2 is 2.00 bits per heavy atom. The molecule has 100 valence electrons. The highest BCUT2D eigenvalue weighted by Gasteiger charge is 2.06. The van der Waals surface area contributed by atoms with Crippen LogP contribution in [-0.2, 0) is 4.79 Å². The first-order chi connectivity index (χ1) is 8.65. The van der Waals surface area contributed by atoms with Gasteiger partial charge in [0.15, 0.2) is 0 Å². The molecule has 0 bridgehead atoms. The third kappa shape index (κ3) is 4.84. The Balaban J connectivity index is 2.34. The van der Waals surface area contributed by atoms with Crippen LogP contribution >= 0.6 is 0 Å². The molecule has 0 aliphatic heterocycles. The number of carbonyl (C=O) groups excluding carboxylic acids is 1. The summed E-state index contributed by atoms with van der Waals surface area (Å²) in [5.74, 6) is -0.354. The van der Waals surface area contributed by atoms with Crippen LogP contribution in [0, 0.1) is 12.7 Å². The van der Waals surface area contributed by atoms with Crippen molar-refractivity contribution in [2.75, 3.05) is 11.9 Å². The van der Waals surface area contributed by atoms with E-state index in [4.69, 9.17) is 5.73 Å². The van der Waals surface area contributed by atoms with Crippen LogP contribution in [0.1, 0.15) is 37.7 Å². The molecule has 0 aliphatic rings. The van der Waals surface area contributed by atoms with Gasteiger partial charge in [0.2, 0.25) is 5.91 Å². The van der Waals surface area contributed by atoms with Crippen LogP contribution in [0.25, 0.3) is 0 Å². The number of rotatable bonds is 7. The van der Waals surface area contributed by atoms with Crippen molar-refractivity contribution in [3.63, 3.8) is 0 Å². The summed E-state index contributed by atoms with van der Waals surface area (Å²) in [7, 11) is 0. The molecule has 3 N–H and O–H groups in total. The molecule has 0 saturated heterocycles. The summed E-state index contributed by atoms with van der Waals surface area (Å²) in [5, 5.41) is 2.74. The number of nitrogens with one attached hydrogen (secondary N) is 1. The fraction of sp³-hybridized carbons (Fsp3) is 0.500. The Morgan fingerprint density at radius 1 is 1.28 bits per heavy atom. The molecule has 3 nitrogen and oxygen atoms in total. The van der Waals surface area contributed by atoms with Gasteiger partial charge < -0.3 is 11.1 Å². The predicted molar refractivity (Wildman–Crippen MR) is 71.9 cm³/mol. The van der Waals surface area contributed by atoms with Crippen LogP contribution in [0.2, 0.25) is 0 Å². The molecule has 0 atom stereocenters. The Bertz CT molecular complexity index is 393. The van der Waals surface area contributed by atoms with Crippen LogP contribution in [0.15, 0.2) is 18.2 Å². The first-order valence-electron chi connectivity index (χ1n) is 6.40. The monoisotopic (exact) mass is 252 g/mol. The molecule has 0 radical (unpaired) electrons. The largest absolute Gasteiger partial charge is 0.330 e. The average Bonchev–Trinajstić information content (AvgIpc) is 2.35. The molecule has 0 aliphatic carbocycles. The fourth-order valence-corrected chi connectivity index (χ4v) is 1.74. The Kier molecular flexibility index (Phi) is 6.36. The molecule has 0 saturated carbocycles. The first-order valence-corrected chi connectivity index (χ1v) is 6.40. The minimum atomic E-state index is -0.296. The van der Waals surface area contributed by atoms with Crippen molar-refractivity contribution in [3.05, 3.63) is 29.6 Å². The molecule has 18 heavy (non-hydrogen) atoms. The van der Waals surface area contributed by atoms with E-state index >= 15 is 0 Å². The van der Waals surface area contributed by atoms with Gasteiger partial charge in [-0.05, 0) is 38.4 Å². The van der Waals surface area contributed by atoms with E-state index in [2.05, 4.69) is 5.32 Å². The van der Waals surface area contributed by atoms with E-state index in [1.807, 2.05) is 0 Å². The van der Waals surface area contributed by atoms with E-state index < -0.39 is 0 Å². The smallest absolute Gasteiger partial charge is 0.224 e. The summed E-state index contributed by atoms with van der Waals surface area (Å²) in [6.07, 6.45) is 4.39. The van der Waals surface area contributed by atoms with Gasteiger partial charge in [-0.3, -0.25) is 4.79 Å². The zero-order valence-electron chi connectivity index (χ0n) is 10.8. The third-order valence-corrected chi connectivity index (χ3v) is 2.90. The average molecular weight is 252 g/mol. The second-order valence-electron chi connectivity index (χ2n) is 4.41. The molecular weight excluding hydrogens is 231 g/mol. The lowest BCUT2D eigenvalue weighted by Gasteiger charge is -2.08. The standard InChI is InChI=1S/C14H21FN2O/c1-11-12(15)7-6-8-13(11)17-14(18)9-4-2-3-5-10-16/h6-8H,2-5,9-10,16H2,1H3,(H,17,18). The molecule has 1 amide bonds. The van der Waals surface area contributed by atoms with E-state index in [9.17, 15) is 9.18 Å². The molecule has 0 unspecified atom stereocenters. The summed E-state index contributed by atoms with van der Waals surface area (Å²) in [5.41, 5.74) is 6.43. The van der Waals surface area contributed by atoms with Gasteiger partial charge in [-0.15, -0.1) is 0 Å². The van der Waals surface area contributed by atoms with Crippen LogP contribution < -0.4 is 11.1 Å². The molecule has 0 aromatic heterocycles. The maximum Gasteiger partial charge on any atom is 0.224 e. The Morgan fingerprint density at radius 3 is 2.72 bits per heavy atom. The first kappa shape index (κ1) is 14.6. The molecular formula is C14H21FN2O. The van der Waals surface area contributed by atoms with Gasteiger partial charge >= 0.3 is 0 Å². The second kappa shape index (κ2) is 7.82. The number of unbranched alkanes of at least 4 members (excludes halogenated alkanes) is 3. The van der Waals surface area contributed by atoms with E-state index in [1.54, 1.807) is 19.1 Å². The van der Waals surface area contributed by atoms with Crippen molar-refractivity contribution >= 4 is 11.6 Å². The Hall–Kier alpha value is -1.42. The normalized spacial score (nSPS) is 10.4. The zero-order valence-corrected chi connectivity index (χ0v) is 10.8. The van der Waals surface area contributed by atoms with Crippen molar-refractivity contribution < 1.29 is 9.18 Å².